The van der Waals surface area contributed by atoms with Gasteiger partial charge in [-0.1, -0.05) is 11.6 Å². The smallest absolute Gasteiger partial charge is 0.321 e. The molecule has 1 heterocycles. The zero-order chi connectivity index (χ0) is 15.5. The van der Waals surface area contributed by atoms with Crippen LogP contribution in [0, 0.1) is 10.1 Å². The van der Waals surface area contributed by atoms with Crippen LogP contribution in [-0.4, -0.2) is 42.2 Å². The summed E-state index contributed by atoms with van der Waals surface area (Å²) in [6.45, 7) is -0.537. The van der Waals surface area contributed by atoms with Crippen molar-refractivity contribution < 1.29 is 28.3 Å². The Morgan fingerprint density at radius 3 is 2.60 bits per heavy atom. The summed E-state index contributed by atoms with van der Waals surface area (Å²) in [4.78, 5) is 20.5. The Bertz CT molecular complexity index is 627. The Morgan fingerprint density at radius 1 is 1.60 bits per heavy atom. The van der Waals surface area contributed by atoms with E-state index in [2.05, 4.69) is 0 Å². The number of carboxylic acids is 1. The second-order valence-corrected chi connectivity index (χ2v) is 7.10. The van der Waals surface area contributed by atoms with E-state index in [0.717, 1.165) is 6.07 Å². The van der Waals surface area contributed by atoms with Crippen molar-refractivity contribution in [2.24, 2.45) is 0 Å². The van der Waals surface area contributed by atoms with E-state index in [1.54, 1.807) is 0 Å². The first-order valence-electron chi connectivity index (χ1n) is 4.98. The number of aliphatic carboxylic acids is 1. The third-order valence-corrected chi connectivity index (χ3v) is 5.40. The van der Waals surface area contributed by atoms with Crippen LogP contribution >= 0.6 is 22.9 Å². The lowest BCUT2D eigenvalue weighted by atomic mass is 10.2. The summed E-state index contributed by atoms with van der Waals surface area (Å²) in [5, 5.41) is 28.0. The summed E-state index contributed by atoms with van der Waals surface area (Å²) in [6.07, 6.45) is -0.338. The minimum Gasteiger partial charge on any atom is -0.480 e. The summed E-state index contributed by atoms with van der Waals surface area (Å²) < 4.78 is 24.8. The summed E-state index contributed by atoms with van der Waals surface area (Å²) in [6, 6.07) is -0.794. The molecule has 0 radical (unpaired) electrons. The molecular formula is C8H9ClN2O7S2. The lowest BCUT2D eigenvalue weighted by Gasteiger charge is -2.12. The number of hydrogen-bond donors (Lipinski definition) is 3. The minimum absolute atomic E-state index is 0.329. The first kappa shape index (κ1) is 16.8. The van der Waals surface area contributed by atoms with Gasteiger partial charge in [0.05, 0.1) is 4.92 Å². The number of nitrogens with zero attached hydrogens (tertiary/aromatic N) is 1. The van der Waals surface area contributed by atoms with E-state index in [9.17, 15) is 23.3 Å². The molecule has 0 amide bonds. The Morgan fingerprint density at radius 2 is 2.20 bits per heavy atom. The zero-order valence-electron chi connectivity index (χ0n) is 9.65. The molecule has 1 atom stereocenters. The molecule has 0 bridgehead atoms. The molecule has 0 saturated heterocycles. The number of sulfonamides is 1. The minimum atomic E-state index is -4.27. The van der Waals surface area contributed by atoms with E-state index < -0.39 is 43.5 Å². The molecule has 0 fully saturated rings. The number of rotatable bonds is 7. The van der Waals surface area contributed by atoms with Gasteiger partial charge in [-0.15, -0.1) is 11.3 Å². The lowest BCUT2D eigenvalue weighted by molar-refractivity contribution is -0.384. The van der Waals surface area contributed by atoms with Gasteiger partial charge in [0.25, 0.3) is 15.7 Å². The molecule has 20 heavy (non-hydrogen) atoms. The first-order valence-corrected chi connectivity index (χ1v) is 7.66. The Hall–Kier alpha value is -1.27. The van der Waals surface area contributed by atoms with Gasteiger partial charge in [-0.25, -0.2) is 8.42 Å². The maximum atomic E-state index is 11.9. The highest BCUT2D eigenvalue weighted by atomic mass is 35.5. The highest BCUT2D eigenvalue weighted by Crippen LogP contribution is 2.36. The predicted molar refractivity (Wildman–Crippen MR) is 69.4 cm³/mol. The highest BCUT2D eigenvalue weighted by Gasteiger charge is 2.29. The average molecular weight is 345 g/mol. The molecule has 3 N–H and O–H groups in total. The van der Waals surface area contributed by atoms with E-state index in [0.29, 0.717) is 11.3 Å². The molecule has 1 aromatic rings. The second-order valence-electron chi connectivity index (χ2n) is 3.51. The van der Waals surface area contributed by atoms with Gasteiger partial charge in [0, 0.05) is 12.7 Å². The van der Waals surface area contributed by atoms with Crippen molar-refractivity contribution in [1.82, 2.24) is 4.72 Å². The predicted octanol–water partition coefficient (Wildman–Crippen LogP) is 0.424. The van der Waals surface area contributed by atoms with Crippen LogP contribution in [0.2, 0.25) is 4.34 Å². The zero-order valence-corrected chi connectivity index (χ0v) is 12.0. The van der Waals surface area contributed by atoms with Gasteiger partial charge >= 0.3 is 5.97 Å². The molecule has 9 nitrogen and oxygen atoms in total. The molecule has 1 unspecified atom stereocenters. The maximum absolute atomic E-state index is 11.9. The number of thiophene rings is 1. The molecular weight excluding hydrogens is 336 g/mol. The van der Waals surface area contributed by atoms with Crippen LogP contribution in [0.4, 0.5) is 5.69 Å². The average Bonchev–Trinajstić information content (AvgIpc) is 2.71. The summed E-state index contributed by atoms with van der Waals surface area (Å²) in [5.41, 5.74) is -0.578. The van der Waals surface area contributed by atoms with Gasteiger partial charge in [-0.2, -0.15) is 4.72 Å². The van der Waals surface area contributed by atoms with Gasteiger partial charge < -0.3 is 10.2 Å². The van der Waals surface area contributed by atoms with Gasteiger partial charge in [0.15, 0.2) is 4.34 Å². The molecule has 0 aliphatic carbocycles. The lowest BCUT2D eigenvalue weighted by Crippen LogP contribution is -2.41. The number of aliphatic hydroxyl groups is 1. The molecule has 0 spiro atoms. The number of hydrogen-bond acceptors (Lipinski definition) is 7. The third-order valence-electron chi connectivity index (χ3n) is 2.12. The van der Waals surface area contributed by atoms with Crippen molar-refractivity contribution in [3.05, 3.63) is 20.5 Å². The molecule has 1 aromatic heterocycles. The number of halogens is 1. The molecule has 0 aromatic carbocycles. The topological polar surface area (TPSA) is 147 Å². The highest BCUT2D eigenvalue weighted by molar-refractivity contribution is 7.91. The number of nitrogens with one attached hydrogen (secondary N) is 1. The van der Waals surface area contributed by atoms with Crippen molar-refractivity contribution >= 4 is 44.6 Å². The SMILES string of the molecule is O=C(O)C(CCO)NS(=O)(=O)c1cc([N+](=O)[O-])c(Cl)s1. The Kier molecular flexibility index (Phi) is 5.42. The Balaban J connectivity index is 3.07. The van der Waals surface area contributed by atoms with E-state index in [1.165, 1.54) is 0 Å². The van der Waals surface area contributed by atoms with E-state index in [1.807, 2.05) is 4.72 Å². The standard InChI is InChI=1S/C8H9ClN2O7S2/c9-7-5(11(15)16)3-6(19-7)20(17,18)10-4(1-2-12)8(13)14/h3-4,10,12H,1-2H2,(H,13,14). The maximum Gasteiger partial charge on any atom is 0.321 e. The fourth-order valence-electron chi connectivity index (χ4n) is 1.20. The summed E-state index contributed by atoms with van der Waals surface area (Å²) in [5.74, 6) is -1.47. The number of carboxylic acid groups (broad SMARTS) is 1. The van der Waals surface area contributed by atoms with Crippen LogP contribution < -0.4 is 4.72 Å². The molecule has 12 heteroatoms. The molecule has 0 saturated carbocycles. The van der Waals surface area contributed by atoms with E-state index >= 15 is 0 Å². The van der Waals surface area contributed by atoms with Crippen molar-refractivity contribution in [2.45, 2.75) is 16.7 Å². The van der Waals surface area contributed by atoms with Crippen LogP contribution in [-0.2, 0) is 14.8 Å². The largest absolute Gasteiger partial charge is 0.480 e. The van der Waals surface area contributed by atoms with E-state index in [4.69, 9.17) is 21.8 Å². The van der Waals surface area contributed by atoms with Gasteiger partial charge in [0.1, 0.15) is 10.3 Å². The van der Waals surface area contributed by atoms with Crippen molar-refractivity contribution in [1.29, 1.82) is 0 Å². The van der Waals surface area contributed by atoms with Crippen molar-refractivity contribution in [2.75, 3.05) is 6.61 Å². The van der Waals surface area contributed by atoms with Crippen LogP contribution in [0.5, 0.6) is 0 Å². The normalized spacial score (nSPS) is 13.1. The van der Waals surface area contributed by atoms with Gasteiger partial charge in [-0.05, 0) is 6.42 Å². The Labute approximate surface area is 122 Å². The van der Waals surface area contributed by atoms with Gasteiger partial charge in [-0.3, -0.25) is 14.9 Å². The van der Waals surface area contributed by atoms with Crippen molar-refractivity contribution in [3.63, 3.8) is 0 Å². The van der Waals surface area contributed by atoms with Crippen LogP contribution in [0.25, 0.3) is 0 Å². The molecule has 1 rings (SSSR count). The quantitative estimate of drug-likeness (QED) is 0.479. The van der Waals surface area contributed by atoms with Gasteiger partial charge in [0.2, 0.25) is 0 Å². The fourth-order valence-corrected chi connectivity index (χ4v) is 4.11. The second kappa shape index (κ2) is 6.45. The van der Waals surface area contributed by atoms with Crippen LogP contribution in [0.1, 0.15) is 6.42 Å². The number of carbonyl (C=O) groups is 1. The molecule has 0 aliphatic rings. The van der Waals surface area contributed by atoms with Crippen molar-refractivity contribution in [3.8, 4) is 0 Å². The number of aliphatic hydroxyl groups excluding tert-OH is 1. The first-order chi connectivity index (χ1) is 9.19. The summed E-state index contributed by atoms with van der Waals surface area (Å²) >= 11 is 5.97. The monoisotopic (exact) mass is 344 g/mol. The van der Waals surface area contributed by atoms with Crippen LogP contribution in [0.3, 0.4) is 0 Å². The van der Waals surface area contributed by atoms with Crippen LogP contribution in [0.15, 0.2) is 10.3 Å². The fraction of sp³-hybridized carbons (Fsp3) is 0.375. The number of nitro groups is 1. The third kappa shape index (κ3) is 3.86. The summed E-state index contributed by atoms with van der Waals surface area (Å²) in [7, 11) is -4.27. The molecule has 0 aliphatic heterocycles. The van der Waals surface area contributed by atoms with E-state index in [-0.39, 0.29) is 10.8 Å². The molecule has 112 valence electrons.